The molecule has 1 saturated carbocycles. The molecule has 0 radical (unpaired) electrons. The molecule has 0 bridgehead atoms. The van der Waals surface area contributed by atoms with Gasteiger partial charge in [0.25, 0.3) is 12.2 Å². The van der Waals surface area contributed by atoms with Gasteiger partial charge in [-0.1, -0.05) is 6.92 Å². The fourth-order valence-corrected chi connectivity index (χ4v) is 1.49. The van der Waals surface area contributed by atoms with E-state index in [4.69, 9.17) is 0 Å². The van der Waals surface area contributed by atoms with Gasteiger partial charge in [0.15, 0.2) is 0 Å². The van der Waals surface area contributed by atoms with E-state index in [1.54, 1.807) is 6.34 Å². The average Bonchev–Trinajstić information content (AvgIpc) is 1.57. The molecule has 2 nitrogen and oxygen atoms in total. The number of hydrogen-bond donors (Lipinski definition) is 1. The molecule has 0 aromatic carbocycles. The average molecular weight is 123 g/mol. The quantitative estimate of drug-likeness (QED) is 0.493. The van der Waals surface area contributed by atoms with Crippen LogP contribution in [0.5, 0.6) is 0 Å². The fourth-order valence-electron chi connectivity index (χ4n) is 1.49. The van der Waals surface area contributed by atoms with Crippen LogP contribution in [0.2, 0.25) is 0 Å². The minimum absolute atomic E-state index is 0.769. The molecular weight excluding hydrogens is 112 g/mol. The third kappa shape index (κ3) is 0.672. The van der Waals surface area contributed by atoms with Crippen molar-refractivity contribution < 1.29 is 0 Å². The first-order valence-electron chi connectivity index (χ1n) is 3.52. The number of nitrogens with zero attached hydrogens (tertiary/aromatic N) is 1. The third-order valence-corrected chi connectivity index (χ3v) is 2.18. The highest BCUT2D eigenvalue weighted by molar-refractivity contribution is 6.00. The lowest BCUT2D eigenvalue weighted by Crippen LogP contribution is -2.45. The van der Waals surface area contributed by atoms with Crippen LogP contribution < -0.4 is 9.98 Å². The highest BCUT2D eigenvalue weighted by Gasteiger charge is 2.35. The van der Waals surface area contributed by atoms with Crippen LogP contribution in [0.1, 0.15) is 19.8 Å². The van der Waals surface area contributed by atoms with Gasteiger partial charge >= 0.3 is 0 Å². The smallest absolute Gasteiger partial charge is 0.243 e. The van der Waals surface area contributed by atoms with Gasteiger partial charge < -0.3 is 0 Å². The molecule has 1 fully saturated rings. The number of hydrogen-bond acceptors (Lipinski definition) is 1. The van der Waals surface area contributed by atoms with E-state index in [0.29, 0.717) is 0 Å². The second kappa shape index (κ2) is 1.61. The highest BCUT2D eigenvalue weighted by atomic mass is 15.1. The summed E-state index contributed by atoms with van der Waals surface area (Å²) in [6, 6.07) is 0. The normalized spacial score (nSPS) is 38.1. The van der Waals surface area contributed by atoms with E-state index < -0.39 is 0 Å². The largest absolute Gasteiger partial charge is 0.294 e. The van der Waals surface area contributed by atoms with Gasteiger partial charge in [0.1, 0.15) is 0 Å². The van der Waals surface area contributed by atoms with Crippen molar-refractivity contribution in [3.63, 3.8) is 0 Å². The Labute approximate surface area is 54.7 Å². The Morgan fingerprint density at radius 2 is 2.33 bits per heavy atom. The van der Waals surface area contributed by atoms with Crippen LogP contribution in [0.3, 0.4) is 0 Å². The number of rotatable bonds is 1. The molecule has 2 heteroatoms. The van der Waals surface area contributed by atoms with E-state index in [1.807, 2.05) is 0 Å². The molecule has 0 amide bonds. The Balaban J connectivity index is 1.96. The summed E-state index contributed by atoms with van der Waals surface area (Å²) in [5, 5.41) is 3.09. The molecule has 0 saturated heterocycles. The standard InChI is InChI=1S/C7H10N2/c1-5-2-6(3-5)7-8-4-9-7/h4-6H,2-3H2,1H3/p+1. The molecule has 0 atom stereocenters. The summed E-state index contributed by atoms with van der Waals surface area (Å²) in [4.78, 5) is 0. The number of nitrogens with one attached hydrogen (secondary N) is 1. The van der Waals surface area contributed by atoms with E-state index in [-0.39, 0.29) is 0 Å². The van der Waals surface area contributed by atoms with Gasteiger partial charge in [-0.2, -0.15) is 0 Å². The summed E-state index contributed by atoms with van der Waals surface area (Å²) in [7, 11) is 0. The van der Waals surface area contributed by atoms with E-state index in [2.05, 4.69) is 16.9 Å². The Bertz CT molecular complexity index is 183. The lowest BCUT2D eigenvalue weighted by Gasteiger charge is -2.30. The summed E-state index contributed by atoms with van der Waals surface area (Å²) in [5.74, 6) is 2.91. The summed E-state index contributed by atoms with van der Waals surface area (Å²) in [5.41, 5.74) is 0. The first-order chi connectivity index (χ1) is 4.36. The Kier molecular flexibility index (Phi) is 0.908. The second-order valence-corrected chi connectivity index (χ2v) is 3.06. The van der Waals surface area contributed by atoms with Crippen LogP contribution in [0, 0.1) is 11.8 Å². The first-order valence-corrected chi connectivity index (χ1v) is 3.52. The highest BCUT2D eigenvalue weighted by Crippen LogP contribution is 2.32. The van der Waals surface area contributed by atoms with Gasteiger partial charge in [-0.3, -0.25) is 0 Å². The van der Waals surface area contributed by atoms with Crippen molar-refractivity contribution >= 4 is 12.2 Å². The van der Waals surface area contributed by atoms with Crippen molar-refractivity contribution in [1.82, 2.24) is 9.98 Å². The topological polar surface area (TPSA) is 26.1 Å². The minimum atomic E-state index is 0.769. The molecule has 0 aromatic rings. The molecule has 1 N–H and O–H groups in total. The maximum absolute atomic E-state index is 4.11. The summed E-state index contributed by atoms with van der Waals surface area (Å²) >= 11 is 0. The van der Waals surface area contributed by atoms with Crippen molar-refractivity contribution in [1.29, 1.82) is 0 Å². The first kappa shape index (κ1) is 5.07. The molecule has 1 aliphatic carbocycles. The summed E-state index contributed by atoms with van der Waals surface area (Å²) in [6.45, 7) is 2.29. The molecule has 0 unspecified atom stereocenters. The second-order valence-electron chi connectivity index (χ2n) is 3.06. The lowest BCUT2D eigenvalue weighted by atomic mass is 9.75. The molecule has 2 rings (SSSR count). The van der Waals surface area contributed by atoms with Gasteiger partial charge in [-0.05, 0) is 18.8 Å². The zero-order chi connectivity index (χ0) is 6.27. The predicted octanol–water partition coefficient (Wildman–Crippen LogP) is 0.130. The van der Waals surface area contributed by atoms with Gasteiger partial charge in [0.2, 0.25) is 0 Å². The van der Waals surface area contributed by atoms with Crippen LogP contribution in [-0.2, 0) is 0 Å². The maximum atomic E-state index is 4.11. The van der Waals surface area contributed by atoms with Crippen molar-refractivity contribution in [3.8, 4) is 0 Å². The molecule has 2 aliphatic rings. The van der Waals surface area contributed by atoms with E-state index >= 15 is 0 Å². The Hall–Kier alpha value is -0.750. The SMILES string of the molecule is CC1CC(C2=[N+]=CN2)C1. The molecule has 9 heavy (non-hydrogen) atoms. The maximum Gasteiger partial charge on any atom is 0.294 e. The van der Waals surface area contributed by atoms with E-state index in [1.165, 1.54) is 18.7 Å². The van der Waals surface area contributed by atoms with Gasteiger partial charge in [-0.25, -0.2) is 9.98 Å². The van der Waals surface area contributed by atoms with Gasteiger partial charge in [0, 0.05) is 0 Å². The minimum Gasteiger partial charge on any atom is -0.243 e. The molecule has 0 aromatic heterocycles. The van der Waals surface area contributed by atoms with Crippen molar-refractivity contribution in [3.05, 3.63) is 0 Å². The Morgan fingerprint density at radius 3 is 2.67 bits per heavy atom. The van der Waals surface area contributed by atoms with Crippen LogP contribution in [0.15, 0.2) is 0 Å². The predicted molar refractivity (Wildman–Crippen MR) is 38.2 cm³/mol. The van der Waals surface area contributed by atoms with Crippen LogP contribution in [0.4, 0.5) is 0 Å². The van der Waals surface area contributed by atoms with Crippen molar-refractivity contribution in [2.24, 2.45) is 11.8 Å². The molecule has 1 aliphatic heterocycles. The van der Waals surface area contributed by atoms with Crippen LogP contribution in [0.25, 0.3) is 0 Å². The molecule has 48 valence electrons. The van der Waals surface area contributed by atoms with Gasteiger partial charge in [-0.15, -0.1) is 0 Å². The zero-order valence-corrected chi connectivity index (χ0v) is 5.59. The molecular formula is C7H11N2+. The molecule has 0 spiro atoms. The number of amidine groups is 1. The Morgan fingerprint density at radius 1 is 1.67 bits per heavy atom. The van der Waals surface area contributed by atoms with Crippen LogP contribution >= 0.6 is 0 Å². The summed E-state index contributed by atoms with van der Waals surface area (Å²) < 4.78 is 4.11. The van der Waals surface area contributed by atoms with Gasteiger partial charge in [0.05, 0.1) is 5.92 Å². The monoisotopic (exact) mass is 123 g/mol. The zero-order valence-electron chi connectivity index (χ0n) is 5.59. The van der Waals surface area contributed by atoms with Crippen molar-refractivity contribution in [2.45, 2.75) is 19.8 Å². The van der Waals surface area contributed by atoms with E-state index in [9.17, 15) is 0 Å². The van der Waals surface area contributed by atoms with E-state index in [0.717, 1.165) is 11.8 Å². The van der Waals surface area contributed by atoms with Crippen LogP contribution in [-0.4, -0.2) is 12.2 Å². The van der Waals surface area contributed by atoms with Crippen molar-refractivity contribution in [2.75, 3.05) is 0 Å². The fraction of sp³-hybridized carbons (Fsp3) is 0.714. The lowest BCUT2D eigenvalue weighted by molar-refractivity contribution is 0.277. The third-order valence-electron chi connectivity index (χ3n) is 2.18. The molecule has 1 heterocycles. The summed E-state index contributed by atoms with van der Waals surface area (Å²) in [6.07, 6.45) is 4.43.